The molecule has 0 unspecified atom stereocenters. The number of nitrogens with one attached hydrogen (secondary N) is 1. The van der Waals surface area contributed by atoms with Crippen molar-refractivity contribution in [3.8, 4) is 6.07 Å². The van der Waals surface area contributed by atoms with Crippen molar-refractivity contribution in [1.82, 2.24) is 4.98 Å². The molecule has 0 saturated heterocycles. The number of nitrogen functional groups attached to an aromatic ring is 1. The molecule has 0 fully saturated rings. The van der Waals surface area contributed by atoms with E-state index >= 15 is 0 Å². The monoisotopic (exact) mass is 252 g/mol. The minimum Gasteiger partial charge on any atom is -0.399 e. The van der Waals surface area contributed by atoms with Crippen LogP contribution in [0.1, 0.15) is 21.6 Å². The Labute approximate surface area is 110 Å². The predicted octanol–water partition coefficient (Wildman–Crippen LogP) is 2.10. The Balaban J connectivity index is 2.18. The lowest BCUT2D eigenvalue weighted by atomic mass is 10.1. The lowest BCUT2D eigenvalue weighted by molar-refractivity contribution is 0.102. The largest absolute Gasteiger partial charge is 0.399 e. The number of aromatic nitrogens is 1. The number of nitriles is 1. The number of rotatable bonds is 2. The maximum absolute atomic E-state index is 12.0. The van der Waals surface area contributed by atoms with Crippen LogP contribution < -0.4 is 11.1 Å². The summed E-state index contributed by atoms with van der Waals surface area (Å²) in [4.78, 5) is 15.9. The highest BCUT2D eigenvalue weighted by Crippen LogP contribution is 2.18. The summed E-state index contributed by atoms with van der Waals surface area (Å²) in [5.41, 5.74) is 8.53. The average Bonchev–Trinajstić information content (AvgIpc) is 2.42. The molecule has 0 atom stereocenters. The second kappa shape index (κ2) is 5.19. The fraction of sp³-hybridized carbons (Fsp3) is 0.0714. The van der Waals surface area contributed by atoms with Gasteiger partial charge in [0.05, 0.1) is 5.56 Å². The highest BCUT2D eigenvalue weighted by molar-refractivity contribution is 6.03. The summed E-state index contributed by atoms with van der Waals surface area (Å²) in [5.74, 6) is -0.322. The van der Waals surface area contributed by atoms with Crippen molar-refractivity contribution < 1.29 is 4.79 Å². The minimum absolute atomic E-state index is 0.259. The fourth-order valence-corrected chi connectivity index (χ4v) is 1.61. The summed E-state index contributed by atoms with van der Waals surface area (Å²) < 4.78 is 0. The Hall–Kier alpha value is -2.87. The molecule has 2 aromatic rings. The molecule has 5 nitrogen and oxygen atoms in total. The maximum atomic E-state index is 12.0. The molecule has 0 spiro atoms. The van der Waals surface area contributed by atoms with Gasteiger partial charge in [-0.25, -0.2) is 4.98 Å². The van der Waals surface area contributed by atoms with Crippen LogP contribution in [-0.2, 0) is 0 Å². The lowest BCUT2D eigenvalue weighted by Gasteiger charge is -2.08. The van der Waals surface area contributed by atoms with Crippen molar-refractivity contribution in [3.63, 3.8) is 0 Å². The van der Waals surface area contributed by atoms with E-state index in [-0.39, 0.29) is 11.6 Å². The third-order valence-electron chi connectivity index (χ3n) is 2.62. The van der Waals surface area contributed by atoms with Crippen LogP contribution in [0.5, 0.6) is 0 Å². The van der Waals surface area contributed by atoms with Crippen LogP contribution >= 0.6 is 0 Å². The third-order valence-corrected chi connectivity index (χ3v) is 2.62. The zero-order valence-electron chi connectivity index (χ0n) is 10.3. The number of carbonyl (C=O) groups is 1. The molecule has 1 aromatic carbocycles. The molecule has 1 amide bonds. The van der Waals surface area contributed by atoms with Gasteiger partial charge in [0.15, 0.2) is 0 Å². The van der Waals surface area contributed by atoms with Crippen LogP contribution in [0.25, 0.3) is 0 Å². The SMILES string of the molecule is Cc1cc(N)ccc1NC(=O)c1ccc(C#N)cn1. The van der Waals surface area contributed by atoms with Crippen molar-refractivity contribution in [1.29, 1.82) is 5.26 Å². The number of aryl methyl sites for hydroxylation is 1. The zero-order chi connectivity index (χ0) is 13.8. The molecule has 0 saturated carbocycles. The highest BCUT2D eigenvalue weighted by Gasteiger charge is 2.09. The molecule has 1 aromatic heterocycles. The molecule has 19 heavy (non-hydrogen) atoms. The molecule has 94 valence electrons. The molecule has 0 aliphatic carbocycles. The van der Waals surface area contributed by atoms with Crippen LogP contribution in [0.4, 0.5) is 11.4 Å². The van der Waals surface area contributed by atoms with E-state index in [0.717, 1.165) is 5.56 Å². The molecule has 0 aliphatic heterocycles. The number of nitrogens with two attached hydrogens (primary N) is 1. The summed E-state index contributed by atoms with van der Waals surface area (Å²) in [5, 5.41) is 11.4. The predicted molar refractivity (Wildman–Crippen MR) is 72.5 cm³/mol. The quantitative estimate of drug-likeness (QED) is 0.800. The first-order valence-corrected chi connectivity index (χ1v) is 5.64. The summed E-state index contributed by atoms with van der Waals surface area (Å²) in [6.07, 6.45) is 1.37. The number of benzene rings is 1. The number of pyridine rings is 1. The highest BCUT2D eigenvalue weighted by atomic mass is 16.1. The molecular weight excluding hydrogens is 240 g/mol. The second-order valence-corrected chi connectivity index (χ2v) is 4.07. The number of carbonyl (C=O) groups excluding carboxylic acids is 1. The van der Waals surface area contributed by atoms with Crippen LogP contribution in [0.3, 0.4) is 0 Å². The summed E-state index contributed by atoms with van der Waals surface area (Å²) in [6, 6.07) is 10.3. The Morgan fingerprint density at radius 3 is 2.74 bits per heavy atom. The van der Waals surface area contributed by atoms with Gasteiger partial charge in [-0.15, -0.1) is 0 Å². The minimum atomic E-state index is -0.322. The van der Waals surface area contributed by atoms with Gasteiger partial charge in [-0.3, -0.25) is 4.79 Å². The topological polar surface area (TPSA) is 91.8 Å². The van der Waals surface area contributed by atoms with E-state index in [9.17, 15) is 4.79 Å². The summed E-state index contributed by atoms with van der Waals surface area (Å²) >= 11 is 0. The van der Waals surface area contributed by atoms with E-state index in [1.54, 1.807) is 24.3 Å². The first kappa shape index (κ1) is 12.6. The summed E-state index contributed by atoms with van der Waals surface area (Å²) in [7, 11) is 0. The molecule has 0 bridgehead atoms. The smallest absolute Gasteiger partial charge is 0.274 e. The second-order valence-electron chi connectivity index (χ2n) is 4.07. The first-order chi connectivity index (χ1) is 9.10. The Bertz CT molecular complexity index is 656. The van der Waals surface area contributed by atoms with Gasteiger partial charge < -0.3 is 11.1 Å². The number of nitrogens with zero attached hydrogens (tertiary/aromatic N) is 2. The van der Waals surface area contributed by atoms with Gasteiger partial charge in [-0.1, -0.05) is 0 Å². The Morgan fingerprint density at radius 2 is 2.16 bits per heavy atom. The summed E-state index contributed by atoms with van der Waals surface area (Å²) in [6.45, 7) is 1.86. The van der Waals surface area contributed by atoms with Gasteiger partial charge in [-0.2, -0.15) is 5.26 Å². The van der Waals surface area contributed by atoms with Crippen molar-refractivity contribution in [2.24, 2.45) is 0 Å². The Morgan fingerprint density at radius 1 is 1.37 bits per heavy atom. The van der Waals surface area contributed by atoms with Gasteiger partial charge in [0.1, 0.15) is 11.8 Å². The Kier molecular flexibility index (Phi) is 3.44. The average molecular weight is 252 g/mol. The number of anilines is 2. The maximum Gasteiger partial charge on any atom is 0.274 e. The van der Waals surface area contributed by atoms with E-state index < -0.39 is 0 Å². The van der Waals surface area contributed by atoms with Crippen LogP contribution in [0.15, 0.2) is 36.5 Å². The van der Waals surface area contributed by atoms with Gasteiger partial charge in [0, 0.05) is 17.6 Å². The number of hydrogen-bond donors (Lipinski definition) is 2. The molecule has 1 heterocycles. The number of hydrogen-bond acceptors (Lipinski definition) is 4. The van der Waals surface area contributed by atoms with E-state index in [0.29, 0.717) is 16.9 Å². The standard InChI is InChI=1S/C14H12N4O/c1-9-6-11(16)3-5-12(9)18-14(19)13-4-2-10(7-15)8-17-13/h2-6,8H,16H2,1H3,(H,18,19). The van der Waals surface area contributed by atoms with Gasteiger partial charge >= 0.3 is 0 Å². The van der Waals surface area contributed by atoms with Crippen LogP contribution in [-0.4, -0.2) is 10.9 Å². The van der Waals surface area contributed by atoms with E-state index in [2.05, 4.69) is 10.3 Å². The molecule has 0 aliphatic rings. The molecular formula is C14H12N4O. The van der Waals surface area contributed by atoms with Crippen molar-refractivity contribution >= 4 is 17.3 Å². The molecule has 2 rings (SSSR count). The fourth-order valence-electron chi connectivity index (χ4n) is 1.61. The molecule has 5 heteroatoms. The van der Waals surface area contributed by atoms with Crippen molar-refractivity contribution in [3.05, 3.63) is 53.3 Å². The third kappa shape index (κ3) is 2.87. The van der Waals surface area contributed by atoms with Gasteiger partial charge in [0.25, 0.3) is 5.91 Å². The first-order valence-electron chi connectivity index (χ1n) is 5.64. The van der Waals surface area contributed by atoms with E-state index in [1.807, 2.05) is 13.0 Å². The van der Waals surface area contributed by atoms with Gasteiger partial charge in [0.2, 0.25) is 0 Å². The zero-order valence-corrected chi connectivity index (χ0v) is 10.3. The molecule has 0 radical (unpaired) electrons. The lowest BCUT2D eigenvalue weighted by Crippen LogP contribution is -2.14. The van der Waals surface area contributed by atoms with Crippen LogP contribution in [0.2, 0.25) is 0 Å². The van der Waals surface area contributed by atoms with Crippen molar-refractivity contribution in [2.45, 2.75) is 6.92 Å². The van der Waals surface area contributed by atoms with E-state index in [1.165, 1.54) is 12.3 Å². The normalized spacial score (nSPS) is 9.68. The number of amides is 1. The van der Waals surface area contributed by atoms with Crippen LogP contribution in [0, 0.1) is 18.3 Å². The molecule has 3 N–H and O–H groups in total. The van der Waals surface area contributed by atoms with E-state index in [4.69, 9.17) is 11.0 Å². The van der Waals surface area contributed by atoms with Gasteiger partial charge in [-0.05, 0) is 42.8 Å². The van der Waals surface area contributed by atoms with Crippen molar-refractivity contribution in [2.75, 3.05) is 11.1 Å².